The van der Waals surface area contributed by atoms with Crippen molar-refractivity contribution in [2.75, 3.05) is 12.4 Å². The van der Waals surface area contributed by atoms with E-state index in [1.54, 1.807) is 0 Å². The number of hydrogen-bond donors (Lipinski definition) is 0. The summed E-state index contributed by atoms with van der Waals surface area (Å²) in [6, 6.07) is 0. The second kappa shape index (κ2) is 7.83. The highest BCUT2D eigenvalue weighted by molar-refractivity contribution is 7.99. The number of halogens is 1. The molecule has 0 aromatic heterocycles. The third kappa shape index (κ3) is 4.34. The topological polar surface area (TPSA) is 61.8 Å². The van der Waals surface area contributed by atoms with Crippen LogP contribution in [-0.4, -0.2) is 48.1 Å². The standard InChI is InChI=1S/C13H21FO5S/c1-5-20-13-7(2)11(17-8(3)15)12(18-9(4)16)10(6-14)19-13/h7,10-13H,5-6H2,1-4H3/t7-,10?,11+,12+,13?/m0/s1. The average Bonchev–Trinajstić information content (AvgIpc) is 2.36. The van der Waals surface area contributed by atoms with E-state index in [-0.39, 0.29) is 11.4 Å². The van der Waals surface area contributed by atoms with Crippen LogP contribution < -0.4 is 0 Å². The quantitative estimate of drug-likeness (QED) is 0.723. The normalized spacial score (nSPS) is 33.5. The number of ether oxygens (including phenoxy) is 3. The summed E-state index contributed by atoms with van der Waals surface area (Å²) in [7, 11) is 0. The lowest BCUT2D eigenvalue weighted by molar-refractivity contribution is -0.212. The smallest absolute Gasteiger partial charge is 0.303 e. The van der Waals surface area contributed by atoms with E-state index in [0.29, 0.717) is 0 Å². The van der Waals surface area contributed by atoms with Crippen LogP contribution in [-0.2, 0) is 23.8 Å². The van der Waals surface area contributed by atoms with Crippen molar-refractivity contribution < 1.29 is 28.2 Å². The van der Waals surface area contributed by atoms with E-state index < -0.39 is 36.9 Å². The molecule has 5 atom stereocenters. The van der Waals surface area contributed by atoms with Crippen molar-refractivity contribution in [1.82, 2.24) is 0 Å². The number of esters is 2. The van der Waals surface area contributed by atoms with Gasteiger partial charge >= 0.3 is 11.9 Å². The van der Waals surface area contributed by atoms with Crippen LogP contribution in [0.2, 0.25) is 0 Å². The van der Waals surface area contributed by atoms with Crippen LogP contribution >= 0.6 is 11.8 Å². The average molecular weight is 308 g/mol. The number of thioether (sulfide) groups is 1. The van der Waals surface area contributed by atoms with E-state index in [4.69, 9.17) is 14.2 Å². The van der Waals surface area contributed by atoms with Gasteiger partial charge in [-0.1, -0.05) is 13.8 Å². The summed E-state index contributed by atoms with van der Waals surface area (Å²) in [6.45, 7) is 5.51. The predicted molar refractivity (Wildman–Crippen MR) is 73.0 cm³/mol. The van der Waals surface area contributed by atoms with E-state index in [9.17, 15) is 14.0 Å². The summed E-state index contributed by atoms with van der Waals surface area (Å²) in [5.41, 5.74) is -0.295. The summed E-state index contributed by atoms with van der Waals surface area (Å²) in [5, 5.41) is 0. The highest BCUT2D eigenvalue weighted by atomic mass is 32.2. The number of carbonyl (C=O) groups is 2. The highest BCUT2D eigenvalue weighted by Gasteiger charge is 2.47. The maximum atomic E-state index is 13.2. The number of alkyl halides is 1. The molecule has 1 fully saturated rings. The Balaban J connectivity index is 2.96. The maximum Gasteiger partial charge on any atom is 0.303 e. The second-order valence-corrected chi connectivity index (χ2v) is 6.04. The molecule has 1 saturated heterocycles. The van der Waals surface area contributed by atoms with Gasteiger partial charge in [0.25, 0.3) is 0 Å². The molecular formula is C13H21FO5S. The first-order chi connectivity index (χ1) is 9.40. The molecule has 0 bridgehead atoms. The van der Waals surface area contributed by atoms with E-state index in [0.717, 1.165) is 5.75 Å². The summed E-state index contributed by atoms with van der Waals surface area (Å²) in [5.74, 6) is -0.447. The fourth-order valence-corrected chi connectivity index (χ4v) is 3.23. The van der Waals surface area contributed by atoms with Crippen LogP contribution in [0.5, 0.6) is 0 Å². The SMILES string of the molecule is CCSC1OC(CF)[C@@H](OC(C)=O)[C@H](OC(C)=O)[C@@H]1C. The van der Waals surface area contributed by atoms with Crippen molar-refractivity contribution >= 4 is 23.7 Å². The molecule has 5 nitrogen and oxygen atoms in total. The van der Waals surface area contributed by atoms with Crippen LogP contribution in [0, 0.1) is 5.92 Å². The Morgan fingerprint density at radius 3 is 2.20 bits per heavy atom. The molecule has 116 valence electrons. The van der Waals surface area contributed by atoms with Crippen molar-refractivity contribution in [2.45, 2.75) is 51.4 Å². The van der Waals surface area contributed by atoms with E-state index in [1.165, 1.54) is 25.6 Å². The second-order valence-electron chi connectivity index (χ2n) is 4.66. The van der Waals surface area contributed by atoms with Crippen LogP contribution in [0.4, 0.5) is 4.39 Å². The molecule has 0 aromatic carbocycles. The third-order valence-corrected chi connectivity index (χ3v) is 4.24. The Morgan fingerprint density at radius 2 is 1.75 bits per heavy atom. The highest BCUT2D eigenvalue weighted by Crippen LogP contribution is 2.35. The molecule has 1 aliphatic rings. The van der Waals surface area contributed by atoms with E-state index in [2.05, 4.69) is 0 Å². The van der Waals surface area contributed by atoms with Gasteiger partial charge < -0.3 is 14.2 Å². The molecule has 0 N–H and O–H groups in total. The lowest BCUT2D eigenvalue weighted by Gasteiger charge is -2.43. The molecule has 2 unspecified atom stereocenters. The number of hydrogen-bond acceptors (Lipinski definition) is 6. The summed E-state index contributed by atoms with van der Waals surface area (Å²) in [4.78, 5) is 22.4. The van der Waals surface area contributed by atoms with Crippen molar-refractivity contribution in [2.24, 2.45) is 5.92 Å². The minimum absolute atomic E-state index is 0.198. The zero-order valence-corrected chi connectivity index (χ0v) is 12.9. The molecule has 0 aromatic rings. The van der Waals surface area contributed by atoms with Crippen LogP contribution in [0.1, 0.15) is 27.7 Å². The molecule has 0 spiro atoms. The molecular weight excluding hydrogens is 287 g/mol. The van der Waals surface area contributed by atoms with Crippen molar-refractivity contribution in [3.8, 4) is 0 Å². The van der Waals surface area contributed by atoms with Gasteiger partial charge in [0, 0.05) is 19.8 Å². The van der Waals surface area contributed by atoms with Gasteiger partial charge in [0.2, 0.25) is 0 Å². The zero-order valence-electron chi connectivity index (χ0n) is 12.1. The fourth-order valence-electron chi connectivity index (χ4n) is 2.22. The van der Waals surface area contributed by atoms with E-state index in [1.807, 2.05) is 13.8 Å². The maximum absolute atomic E-state index is 13.2. The van der Waals surface area contributed by atoms with Crippen LogP contribution in [0.25, 0.3) is 0 Å². The predicted octanol–water partition coefficient (Wildman–Crippen LogP) is 1.93. The van der Waals surface area contributed by atoms with Gasteiger partial charge in [-0.15, -0.1) is 11.8 Å². The van der Waals surface area contributed by atoms with Crippen molar-refractivity contribution in [1.29, 1.82) is 0 Å². The van der Waals surface area contributed by atoms with Crippen molar-refractivity contribution in [3.05, 3.63) is 0 Å². The lowest BCUT2D eigenvalue weighted by atomic mass is 9.93. The minimum atomic E-state index is -0.913. The first-order valence-corrected chi connectivity index (χ1v) is 7.63. The Morgan fingerprint density at radius 1 is 1.20 bits per heavy atom. The molecule has 0 aliphatic carbocycles. The minimum Gasteiger partial charge on any atom is -0.458 e. The van der Waals surface area contributed by atoms with Gasteiger partial charge in [0.05, 0.1) is 0 Å². The van der Waals surface area contributed by atoms with Crippen LogP contribution in [0.15, 0.2) is 0 Å². The fraction of sp³-hybridized carbons (Fsp3) is 0.846. The molecule has 0 amide bonds. The lowest BCUT2D eigenvalue weighted by Crippen LogP contribution is -2.56. The molecule has 0 radical (unpaired) electrons. The van der Waals surface area contributed by atoms with Gasteiger partial charge in [0.15, 0.2) is 6.10 Å². The number of rotatable bonds is 5. The van der Waals surface area contributed by atoms with Gasteiger partial charge in [-0.05, 0) is 5.75 Å². The molecule has 1 aliphatic heterocycles. The Bertz CT molecular complexity index is 352. The Hall–Kier alpha value is -0.820. The van der Waals surface area contributed by atoms with Crippen LogP contribution in [0.3, 0.4) is 0 Å². The summed E-state index contributed by atoms with van der Waals surface area (Å²) < 4.78 is 29.2. The van der Waals surface area contributed by atoms with Gasteiger partial charge in [-0.3, -0.25) is 9.59 Å². The Labute approximate surface area is 122 Å². The van der Waals surface area contributed by atoms with Gasteiger partial charge in [-0.25, -0.2) is 4.39 Å². The van der Waals surface area contributed by atoms with Gasteiger partial charge in [0.1, 0.15) is 24.3 Å². The number of carbonyl (C=O) groups excluding carboxylic acids is 2. The molecule has 1 rings (SSSR count). The van der Waals surface area contributed by atoms with E-state index >= 15 is 0 Å². The molecule has 7 heteroatoms. The third-order valence-electron chi connectivity index (χ3n) is 3.03. The summed E-state index contributed by atoms with van der Waals surface area (Å²) in [6.07, 6.45) is -2.52. The molecule has 0 saturated carbocycles. The van der Waals surface area contributed by atoms with Crippen molar-refractivity contribution in [3.63, 3.8) is 0 Å². The Kier molecular flexibility index (Phi) is 6.75. The summed E-state index contributed by atoms with van der Waals surface area (Å²) >= 11 is 1.51. The molecule has 1 heterocycles. The largest absolute Gasteiger partial charge is 0.458 e. The monoisotopic (exact) mass is 308 g/mol. The van der Waals surface area contributed by atoms with Gasteiger partial charge in [-0.2, -0.15) is 0 Å². The molecule has 20 heavy (non-hydrogen) atoms. The first-order valence-electron chi connectivity index (χ1n) is 6.58. The zero-order chi connectivity index (χ0) is 15.3. The first kappa shape index (κ1) is 17.2.